The Labute approximate surface area is 156 Å². The second-order valence-corrected chi connectivity index (χ2v) is 6.99. The Hall–Kier alpha value is -2.79. The lowest BCUT2D eigenvalue weighted by molar-refractivity contribution is 0.431. The molecular weight excluding hydrogens is 342 g/mol. The van der Waals surface area contributed by atoms with E-state index in [1.54, 1.807) is 11.8 Å². The lowest BCUT2D eigenvalue weighted by Gasteiger charge is -2.01. The quantitative estimate of drug-likeness (QED) is 0.444. The van der Waals surface area contributed by atoms with Crippen LogP contribution in [0.25, 0.3) is 16.9 Å². The monoisotopic (exact) mass is 361 g/mol. The highest BCUT2D eigenvalue weighted by molar-refractivity contribution is 7.98. The molecule has 0 N–H and O–H groups in total. The van der Waals surface area contributed by atoms with E-state index in [0.29, 0.717) is 5.22 Å². The molecule has 4 nitrogen and oxygen atoms in total. The molecule has 0 saturated heterocycles. The molecule has 0 spiro atoms. The minimum atomic E-state index is 0.700. The van der Waals surface area contributed by atoms with E-state index >= 15 is 0 Å². The van der Waals surface area contributed by atoms with E-state index in [2.05, 4.69) is 35.4 Å². The second-order valence-electron chi connectivity index (χ2n) is 6.06. The van der Waals surface area contributed by atoms with Crippen molar-refractivity contribution in [1.29, 1.82) is 0 Å². The number of para-hydroxylation sites is 1. The molecule has 0 radical (unpaired) electrons. The first-order chi connectivity index (χ1) is 12.7. The Bertz CT molecular complexity index is 987. The summed E-state index contributed by atoms with van der Waals surface area (Å²) in [6.07, 6.45) is 2.09. The van der Waals surface area contributed by atoms with E-state index in [0.717, 1.165) is 39.7 Å². The minimum absolute atomic E-state index is 0.700. The van der Waals surface area contributed by atoms with E-state index in [1.807, 2.05) is 54.9 Å². The number of rotatable bonds is 5. The van der Waals surface area contributed by atoms with Gasteiger partial charge in [0.2, 0.25) is 0 Å². The number of thioether (sulfide) groups is 1. The van der Waals surface area contributed by atoms with Crippen LogP contribution in [0.4, 0.5) is 0 Å². The molecule has 0 atom stereocenters. The Morgan fingerprint density at radius 3 is 2.31 bits per heavy atom. The van der Waals surface area contributed by atoms with Gasteiger partial charge in [-0.1, -0.05) is 60.3 Å². The van der Waals surface area contributed by atoms with Crippen LogP contribution < -0.4 is 0 Å². The third-order valence-electron chi connectivity index (χ3n) is 4.22. The number of benzene rings is 2. The van der Waals surface area contributed by atoms with Gasteiger partial charge in [0.1, 0.15) is 5.76 Å². The molecule has 0 aliphatic carbocycles. The summed E-state index contributed by atoms with van der Waals surface area (Å²) < 4.78 is 7.63. The van der Waals surface area contributed by atoms with E-state index in [9.17, 15) is 0 Å². The van der Waals surface area contributed by atoms with Gasteiger partial charge >= 0.3 is 0 Å². The zero-order valence-corrected chi connectivity index (χ0v) is 15.5. The summed E-state index contributed by atoms with van der Waals surface area (Å²) in [6, 6.07) is 20.4. The molecule has 0 aliphatic rings. The van der Waals surface area contributed by atoms with Gasteiger partial charge in [0, 0.05) is 23.1 Å². The lowest BCUT2D eigenvalue weighted by atomic mass is 10.1. The smallest absolute Gasteiger partial charge is 0.256 e. The standard InChI is InChI=1S/C21H19N3OS/c1-15-16(2)25-21(22-15)26-14-18-13-24(19-11-7-4-8-12-19)23-20(18)17-9-5-3-6-10-17/h3-13H,14H2,1-2H3. The molecule has 5 heteroatoms. The second kappa shape index (κ2) is 7.22. The number of hydrogen-bond donors (Lipinski definition) is 0. The topological polar surface area (TPSA) is 43.9 Å². The highest BCUT2D eigenvalue weighted by atomic mass is 32.2. The molecular formula is C21H19N3OS. The van der Waals surface area contributed by atoms with Gasteiger partial charge in [-0.2, -0.15) is 5.10 Å². The molecule has 0 saturated carbocycles. The number of aromatic nitrogens is 3. The molecule has 2 aromatic heterocycles. The molecule has 0 amide bonds. The first-order valence-corrected chi connectivity index (χ1v) is 9.45. The van der Waals surface area contributed by atoms with Crippen LogP contribution in [0.5, 0.6) is 0 Å². The van der Waals surface area contributed by atoms with Gasteiger partial charge in [-0.3, -0.25) is 0 Å². The van der Waals surface area contributed by atoms with Crippen molar-refractivity contribution in [2.24, 2.45) is 0 Å². The molecule has 130 valence electrons. The number of aryl methyl sites for hydroxylation is 2. The molecule has 0 unspecified atom stereocenters. The maximum absolute atomic E-state index is 5.70. The number of nitrogens with zero attached hydrogens (tertiary/aromatic N) is 3. The first-order valence-electron chi connectivity index (χ1n) is 8.47. The third kappa shape index (κ3) is 3.44. The van der Waals surface area contributed by atoms with Crippen LogP contribution in [0.2, 0.25) is 0 Å². The molecule has 0 aliphatic heterocycles. The lowest BCUT2D eigenvalue weighted by Crippen LogP contribution is -1.93. The van der Waals surface area contributed by atoms with Crippen molar-refractivity contribution in [3.8, 4) is 16.9 Å². The molecule has 4 rings (SSSR count). The summed E-state index contributed by atoms with van der Waals surface area (Å²) in [5.41, 5.74) is 5.23. The fraction of sp³-hybridized carbons (Fsp3) is 0.143. The minimum Gasteiger partial charge on any atom is -0.437 e. The van der Waals surface area contributed by atoms with Crippen LogP contribution in [0, 0.1) is 13.8 Å². The van der Waals surface area contributed by atoms with Crippen molar-refractivity contribution >= 4 is 11.8 Å². The maximum Gasteiger partial charge on any atom is 0.256 e. The first kappa shape index (κ1) is 16.7. The predicted octanol–water partition coefficient (Wildman–Crippen LogP) is 5.44. The van der Waals surface area contributed by atoms with Crippen molar-refractivity contribution < 1.29 is 4.42 Å². The van der Waals surface area contributed by atoms with E-state index < -0.39 is 0 Å². The zero-order valence-electron chi connectivity index (χ0n) is 14.7. The van der Waals surface area contributed by atoms with Crippen LogP contribution in [0.1, 0.15) is 17.0 Å². The van der Waals surface area contributed by atoms with E-state index in [4.69, 9.17) is 9.52 Å². The maximum atomic E-state index is 5.70. The predicted molar refractivity (Wildman–Crippen MR) is 105 cm³/mol. The van der Waals surface area contributed by atoms with Gasteiger partial charge in [-0.15, -0.1) is 0 Å². The Morgan fingerprint density at radius 2 is 1.65 bits per heavy atom. The van der Waals surface area contributed by atoms with Crippen LogP contribution in [-0.2, 0) is 5.75 Å². The number of hydrogen-bond acceptors (Lipinski definition) is 4. The van der Waals surface area contributed by atoms with Crippen LogP contribution in [0.3, 0.4) is 0 Å². The molecule has 2 heterocycles. The average Bonchev–Trinajstić information content (AvgIpc) is 3.25. The Kier molecular flexibility index (Phi) is 4.63. The fourth-order valence-electron chi connectivity index (χ4n) is 2.71. The largest absolute Gasteiger partial charge is 0.437 e. The normalized spacial score (nSPS) is 11.0. The Morgan fingerprint density at radius 1 is 0.962 bits per heavy atom. The highest BCUT2D eigenvalue weighted by Gasteiger charge is 2.14. The van der Waals surface area contributed by atoms with Gasteiger partial charge in [-0.05, 0) is 26.0 Å². The Balaban J connectivity index is 1.68. The van der Waals surface area contributed by atoms with Crippen molar-refractivity contribution in [2.75, 3.05) is 0 Å². The summed E-state index contributed by atoms with van der Waals surface area (Å²) in [4.78, 5) is 4.46. The molecule has 0 fully saturated rings. The summed E-state index contributed by atoms with van der Waals surface area (Å²) in [7, 11) is 0. The van der Waals surface area contributed by atoms with Gasteiger partial charge < -0.3 is 4.42 Å². The summed E-state index contributed by atoms with van der Waals surface area (Å²) in [5.74, 6) is 1.62. The van der Waals surface area contributed by atoms with Crippen LogP contribution in [0.15, 0.2) is 76.5 Å². The van der Waals surface area contributed by atoms with Gasteiger partial charge in [0.25, 0.3) is 5.22 Å². The van der Waals surface area contributed by atoms with Crippen molar-refractivity contribution in [3.05, 3.63) is 83.9 Å². The zero-order chi connectivity index (χ0) is 17.9. The van der Waals surface area contributed by atoms with E-state index in [-0.39, 0.29) is 0 Å². The summed E-state index contributed by atoms with van der Waals surface area (Å²) in [6.45, 7) is 3.90. The van der Waals surface area contributed by atoms with Gasteiger partial charge in [0.05, 0.1) is 17.1 Å². The van der Waals surface area contributed by atoms with Gasteiger partial charge in [-0.25, -0.2) is 9.67 Å². The highest BCUT2D eigenvalue weighted by Crippen LogP contribution is 2.30. The molecule has 4 aromatic rings. The molecule has 0 bridgehead atoms. The summed E-state index contributed by atoms with van der Waals surface area (Å²) in [5, 5.41) is 5.54. The third-order valence-corrected chi connectivity index (χ3v) is 5.09. The summed E-state index contributed by atoms with van der Waals surface area (Å²) >= 11 is 1.59. The number of oxazole rings is 1. The van der Waals surface area contributed by atoms with Crippen molar-refractivity contribution in [1.82, 2.24) is 14.8 Å². The van der Waals surface area contributed by atoms with Crippen molar-refractivity contribution in [2.45, 2.75) is 24.8 Å². The SMILES string of the molecule is Cc1nc(SCc2cn(-c3ccccc3)nc2-c2ccccc2)oc1C. The molecule has 26 heavy (non-hydrogen) atoms. The van der Waals surface area contributed by atoms with Crippen LogP contribution in [-0.4, -0.2) is 14.8 Å². The fourth-order valence-corrected chi connectivity index (χ4v) is 3.59. The average molecular weight is 361 g/mol. The van der Waals surface area contributed by atoms with Crippen LogP contribution >= 0.6 is 11.8 Å². The van der Waals surface area contributed by atoms with E-state index in [1.165, 1.54) is 0 Å². The van der Waals surface area contributed by atoms with Gasteiger partial charge in [0.15, 0.2) is 0 Å². The van der Waals surface area contributed by atoms with Crippen molar-refractivity contribution in [3.63, 3.8) is 0 Å². The molecule has 2 aromatic carbocycles.